The molecule has 0 aliphatic carbocycles. The molecule has 0 bridgehead atoms. The second kappa shape index (κ2) is 3.19. The maximum Gasteiger partial charge on any atom is 0.334 e. The van der Waals surface area contributed by atoms with Crippen LogP contribution in [0.3, 0.4) is 0 Å². The van der Waals surface area contributed by atoms with Crippen LogP contribution in [-0.2, 0) is 9.53 Å². The summed E-state index contributed by atoms with van der Waals surface area (Å²) in [7, 11) is 0. The molecule has 1 rings (SSSR count). The summed E-state index contributed by atoms with van der Waals surface area (Å²) >= 11 is 3.22. The summed E-state index contributed by atoms with van der Waals surface area (Å²) in [5, 5.41) is 0.726. The van der Waals surface area contributed by atoms with Crippen molar-refractivity contribution in [2.45, 2.75) is 19.4 Å². The predicted molar refractivity (Wildman–Crippen MR) is 42.0 cm³/mol. The van der Waals surface area contributed by atoms with E-state index >= 15 is 0 Å². The van der Waals surface area contributed by atoms with Gasteiger partial charge in [0.25, 0.3) is 0 Å². The molecule has 0 N–H and O–H groups in total. The van der Waals surface area contributed by atoms with Gasteiger partial charge in [0, 0.05) is 17.3 Å². The van der Waals surface area contributed by atoms with Crippen molar-refractivity contribution in [2.75, 3.05) is 5.33 Å². The summed E-state index contributed by atoms with van der Waals surface area (Å²) < 4.78 is 4.90. The van der Waals surface area contributed by atoms with Gasteiger partial charge >= 0.3 is 5.97 Å². The molecule has 1 aliphatic rings. The van der Waals surface area contributed by atoms with E-state index in [2.05, 4.69) is 15.9 Å². The molecule has 1 heterocycles. The molecule has 10 heavy (non-hydrogen) atoms. The fourth-order valence-electron chi connectivity index (χ4n) is 0.953. The van der Waals surface area contributed by atoms with E-state index in [1.165, 1.54) is 0 Å². The Bertz CT molecular complexity index is 174. The van der Waals surface area contributed by atoms with Crippen LogP contribution >= 0.6 is 15.9 Å². The molecule has 0 spiro atoms. The normalized spacial score (nSPS) is 29.2. The van der Waals surface area contributed by atoms with Crippen molar-refractivity contribution in [3.8, 4) is 0 Å². The van der Waals surface area contributed by atoms with E-state index < -0.39 is 0 Å². The highest BCUT2D eigenvalue weighted by Gasteiger charge is 2.24. The molecule has 56 valence electrons. The maximum atomic E-state index is 10.9. The van der Waals surface area contributed by atoms with Gasteiger partial charge in [-0.3, -0.25) is 0 Å². The molecule has 0 aromatic heterocycles. The van der Waals surface area contributed by atoms with Gasteiger partial charge < -0.3 is 4.74 Å². The van der Waals surface area contributed by atoms with Crippen LogP contribution in [0.15, 0.2) is 11.6 Å². The van der Waals surface area contributed by atoms with Crippen LogP contribution in [0.25, 0.3) is 0 Å². The van der Waals surface area contributed by atoms with Gasteiger partial charge in [0.2, 0.25) is 0 Å². The van der Waals surface area contributed by atoms with E-state index in [1.54, 1.807) is 0 Å². The molecule has 0 amide bonds. The van der Waals surface area contributed by atoms with Gasteiger partial charge in [-0.1, -0.05) is 22.0 Å². The fourth-order valence-corrected chi connectivity index (χ4v) is 1.34. The Morgan fingerprint density at radius 1 is 1.90 bits per heavy atom. The van der Waals surface area contributed by atoms with E-state index in [9.17, 15) is 4.79 Å². The maximum absolute atomic E-state index is 10.9. The number of esters is 1. The number of halogens is 1. The third-order valence-corrected chi connectivity index (χ3v) is 1.73. The zero-order valence-electron chi connectivity index (χ0n) is 5.76. The Kier molecular flexibility index (Phi) is 2.49. The first-order valence-electron chi connectivity index (χ1n) is 3.20. The molecule has 0 aromatic carbocycles. The lowest BCUT2D eigenvalue weighted by atomic mass is 10.2. The Balaban J connectivity index is 2.63. The zero-order chi connectivity index (χ0) is 7.56. The van der Waals surface area contributed by atoms with Crippen molar-refractivity contribution in [3.05, 3.63) is 11.6 Å². The summed E-state index contributed by atoms with van der Waals surface area (Å²) in [5.74, 6) is -0.160. The molecule has 1 unspecified atom stereocenters. The smallest absolute Gasteiger partial charge is 0.334 e. The van der Waals surface area contributed by atoms with E-state index in [1.807, 2.05) is 13.0 Å². The second-order valence-electron chi connectivity index (χ2n) is 2.30. The van der Waals surface area contributed by atoms with Crippen molar-refractivity contribution in [2.24, 2.45) is 0 Å². The fraction of sp³-hybridized carbons (Fsp3) is 0.571. The minimum atomic E-state index is -0.160. The molecule has 0 aromatic rings. The van der Waals surface area contributed by atoms with Crippen LogP contribution in [0.2, 0.25) is 0 Å². The standard InChI is InChI=1S/C7H9BrO2/c1-5-4-6(2-3-8)7(9)10-5/h2,5H,3-4H2,1H3/b6-2+. The number of rotatable bonds is 1. The highest BCUT2D eigenvalue weighted by Crippen LogP contribution is 2.19. The quantitative estimate of drug-likeness (QED) is 0.369. The van der Waals surface area contributed by atoms with Gasteiger partial charge in [0.1, 0.15) is 6.10 Å². The number of hydrogen-bond donors (Lipinski definition) is 0. The molecular weight excluding hydrogens is 196 g/mol. The summed E-state index contributed by atoms with van der Waals surface area (Å²) in [6, 6.07) is 0. The van der Waals surface area contributed by atoms with Crippen LogP contribution in [0.5, 0.6) is 0 Å². The minimum Gasteiger partial charge on any atom is -0.459 e. The van der Waals surface area contributed by atoms with Gasteiger partial charge in [0.15, 0.2) is 0 Å². The molecule has 1 saturated heterocycles. The summed E-state index contributed by atoms with van der Waals surface area (Å²) in [4.78, 5) is 10.9. The van der Waals surface area contributed by atoms with E-state index in [0.717, 1.165) is 17.3 Å². The first-order valence-corrected chi connectivity index (χ1v) is 4.32. The first-order chi connectivity index (χ1) is 4.74. The van der Waals surface area contributed by atoms with Gasteiger partial charge in [0.05, 0.1) is 0 Å². The van der Waals surface area contributed by atoms with Crippen LogP contribution in [0.4, 0.5) is 0 Å². The molecule has 0 saturated carbocycles. The van der Waals surface area contributed by atoms with Gasteiger partial charge in [-0.25, -0.2) is 4.79 Å². The molecule has 1 aliphatic heterocycles. The minimum absolute atomic E-state index is 0.0674. The molecule has 1 fully saturated rings. The summed E-state index contributed by atoms with van der Waals surface area (Å²) in [6.07, 6.45) is 2.67. The lowest BCUT2D eigenvalue weighted by Gasteiger charge is -1.94. The number of cyclic esters (lactones) is 1. The zero-order valence-corrected chi connectivity index (χ0v) is 7.35. The average Bonchev–Trinajstić information content (AvgIpc) is 2.13. The van der Waals surface area contributed by atoms with Gasteiger partial charge in [-0.2, -0.15) is 0 Å². The Morgan fingerprint density at radius 2 is 2.60 bits per heavy atom. The van der Waals surface area contributed by atoms with E-state index in [0.29, 0.717) is 0 Å². The van der Waals surface area contributed by atoms with Crippen molar-refractivity contribution >= 4 is 21.9 Å². The SMILES string of the molecule is CC1C/C(=C\CBr)C(=O)O1. The number of hydrogen-bond acceptors (Lipinski definition) is 2. The Morgan fingerprint density at radius 3 is 3.00 bits per heavy atom. The third kappa shape index (κ3) is 1.59. The topological polar surface area (TPSA) is 26.3 Å². The molecule has 1 atom stereocenters. The highest BCUT2D eigenvalue weighted by molar-refractivity contribution is 9.09. The second-order valence-corrected chi connectivity index (χ2v) is 2.95. The highest BCUT2D eigenvalue weighted by atomic mass is 79.9. The third-order valence-electron chi connectivity index (χ3n) is 1.40. The largest absolute Gasteiger partial charge is 0.459 e. The van der Waals surface area contributed by atoms with Gasteiger partial charge in [-0.15, -0.1) is 0 Å². The first kappa shape index (κ1) is 7.79. The van der Waals surface area contributed by atoms with E-state index in [4.69, 9.17) is 4.74 Å². The summed E-state index contributed by atoms with van der Waals surface area (Å²) in [5.41, 5.74) is 0.796. The Hall–Kier alpha value is -0.310. The van der Waals surface area contributed by atoms with Crippen molar-refractivity contribution in [1.82, 2.24) is 0 Å². The van der Waals surface area contributed by atoms with Crippen LogP contribution < -0.4 is 0 Å². The molecule has 2 nitrogen and oxygen atoms in total. The monoisotopic (exact) mass is 204 g/mol. The summed E-state index contributed by atoms with van der Waals surface area (Å²) in [6.45, 7) is 1.90. The average molecular weight is 205 g/mol. The molecular formula is C7H9BrO2. The van der Waals surface area contributed by atoms with Gasteiger partial charge in [-0.05, 0) is 6.92 Å². The number of allylic oxidation sites excluding steroid dienone is 1. The predicted octanol–water partition coefficient (Wildman–Crippen LogP) is 1.64. The molecule has 0 radical (unpaired) electrons. The number of ether oxygens (including phenoxy) is 1. The van der Waals surface area contributed by atoms with E-state index in [-0.39, 0.29) is 12.1 Å². The number of alkyl halides is 1. The van der Waals surface area contributed by atoms with Crippen molar-refractivity contribution in [3.63, 3.8) is 0 Å². The Labute approximate surface area is 68.4 Å². The van der Waals surface area contributed by atoms with Crippen molar-refractivity contribution in [1.29, 1.82) is 0 Å². The van der Waals surface area contributed by atoms with Crippen LogP contribution in [-0.4, -0.2) is 17.4 Å². The number of carbonyl (C=O) groups is 1. The lowest BCUT2D eigenvalue weighted by Crippen LogP contribution is -1.99. The number of carbonyl (C=O) groups excluding carboxylic acids is 1. The molecule has 3 heteroatoms. The van der Waals surface area contributed by atoms with Crippen LogP contribution in [0.1, 0.15) is 13.3 Å². The van der Waals surface area contributed by atoms with Crippen LogP contribution in [0, 0.1) is 0 Å². The lowest BCUT2D eigenvalue weighted by molar-refractivity contribution is -0.138. The van der Waals surface area contributed by atoms with Crippen molar-refractivity contribution < 1.29 is 9.53 Å².